The second kappa shape index (κ2) is 7.76. The molecule has 1 nitrogen and oxygen atoms in total. The number of allylic oxidation sites excluding steroid dienone is 1. The molecule has 1 unspecified atom stereocenters. The summed E-state index contributed by atoms with van der Waals surface area (Å²) in [6.45, 7) is 8.13. The van der Waals surface area contributed by atoms with Crippen LogP contribution in [0.5, 0.6) is 0 Å². The molecule has 0 aliphatic carbocycles. The first-order valence-corrected chi connectivity index (χ1v) is 9.88. The van der Waals surface area contributed by atoms with Crippen LogP contribution in [0.25, 0.3) is 0 Å². The lowest BCUT2D eigenvalue weighted by atomic mass is 10.0. The van der Waals surface area contributed by atoms with Crippen molar-refractivity contribution < 1.29 is 0 Å². The second-order valence-electron chi connectivity index (χ2n) is 6.08. The van der Waals surface area contributed by atoms with Crippen LogP contribution in [0.1, 0.15) is 25.3 Å². The summed E-state index contributed by atoms with van der Waals surface area (Å²) in [5.74, 6) is 0.733. The third kappa shape index (κ3) is 6.31. The van der Waals surface area contributed by atoms with Gasteiger partial charge < -0.3 is 5.32 Å². The van der Waals surface area contributed by atoms with Crippen molar-refractivity contribution in [2.75, 3.05) is 25.3 Å². The van der Waals surface area contributed by atoms with Crippen LogP contribution >= 0.6 is 10.0 Å². The van der Waals surface area contributed by atoms with Crippen LogP contribution in [-0.4, -0.2) is 25.3 Å². The van der Waals surface area contributed by atoms with E-state index in [0.29, 0.717) is 0 Å². The third-order valence-corrected chi connectivity index (χ3v) is 5.03. The van der Waals surface area contributed by atoms with Gasteiger partial charge in [-0.05, 0) is 66.7 Å². The summed E-state index contributed by atoms with van der Waals surface area (Å²) >= 11 is 0. The van der Waals surface area contributed by atoms with Crippen molar-refractivity contribution in [1.82, 2.24) is 5.32 Å². The maximum atomic E-state index is 3.79. The minimum Gasteiger partial charge on any atom is -0.313 e. The van der Waals surface area contributed by atoms with Crippen LogP contribution in [0.3, 0.4) is 0 Å². The highest BCUT2D eigenvalue weighted by molar-refractivity contribution is 8.32. The van der Waals surface area contributed by atoms with Crippen molar-refractivity contribution in [3.05, 3.63) is 42.5 Å². The van der Waals surface area contributed by atoms with Gasteiger partial charge in [-0.15, -0.1) is 6.58 Å². The molecule has 0 radical (unpaired) electrons. The lowest BCUT2D eigenvalue weighted by Crippen LogP contribution is -2.16. The van der Waals surface area contributed by atoms with Crippen LogP contribution < -0.4 is 5.32 Å². The Labute approximate surface area is 120 Å². The van der Waals surface area contributed by atoms with Crippen LogP contribution in [-0.2, 0) is 6.54 Å². The minimum absolute atomic E-state index is 0.592. The van der Waals surface area contributed by atoms with E-state index in [1.54, 1.807) is 0 Å². The predicted octanol–water partition coefficient (Wildman–Crippen LogP) is 4.43. The van der Waals surface area contributed by atoms with Crippen molar-refractivity contribution in [3.8, 4) is 0 Å². The molecule has 1 aromatic carbocycles. The summed E-state index contributed by atoms with van der Waals surface area (Å²) in [6, 6.07) is 9.08. The van der Waals surface area contributed by atoms with Gasteiger partial charge in [-0.25, -0.2) is 10.0 Å². The molecule has 19 heavy (non-hydrogen) atoms. The van der Waals surface area contributed by atoms with Crippen molar-refractivity contribution in [2.24, 2.45) is 5.92 Å². The Bertz CT molecular complexity index is 375. The molecule has 1 rings (SSSR count). The van der Waals surface area contributed by atoms with Gasteiger partial charge in [0.2, 0.25) is 0 Å². The van der Waals surface area contributed by atoms with Gasteiger partial charge in [0.15, 0.2) is 0 Å². The van der Waals surface area contributed by atoms with Crippen molar-refractivity contribution in [1.29, 1.82) is 0 Å². The first-order chi connectivity index (χ1) is 8.93. The Kier molecular flexibility index (Phi) is 6.67. The van der Waals surface area contributed by atoms with E-state index in [4.69, 9.17) is 0 Å². The first kappa shape index (κ1) is 16.3. The number of hydrogen-bond donors (Lipinski definition) is 1. The van der Waals surface area contributed by atoms with Gasteiger partial charge in [0.1, 0.15) is 0 Å². The Morgan fingerprint density at radius 2 is 1.84 bits per heavy atom. The van der Waals surface area contributed by atoms with Gasteiger partial charge in [0.25, 0.3) is 0 Å². The van der Waals surface area contributed by atoms with Crippen LogP contribution in [0.2, 0.25) is 0 Å². The second-order valence-corrected chi connectivity index (χ2v) is 10.2. The molecule has 0 saturated heterocycles. The van der Waals surface area contributed by atoms with Gasteiger partial charge in [-0.1, -0.05) is 25.1 Å². The standard InChI is InChI=1S/C17H29NS/c1-6-7-15(2)12-13-18-14-16-8-10-17(11-9-16)19(3,4)5/h6,8-11,15,18H,1,7,12-14H2,2-5H3. The number of rotatable bonds is 8. The smallest absolute Gasteiger partial charge is 0.0205 e. The third-order valence-electron chi connectivity index (χ3n) is 3.34. The van der Waals surface area contributed by atoms with E-state index < -0.39 is 10.0 Å². The fourth-order valence-electron chi connectivity index (χ4n) is 2.00. The molecule has 0 saturated carbocycles. The highest BCUT2D eigenvalue weighted by Gasteiger charge is 2.07. The van der Waals surface area contributed by atoms with E-state index >= 15 is 0 Å². The van der Waals surface area contributed by atoms with Gasteiger partial charge in [0, 0.05) is 6.54 Å². The van der Waals surface area contributed by atoms with E-state index in [-0.39, 0.29) is 0 Å². The highest BCUT2D eigenvalue weighted by atomic mass is 32.3. The summed E-state index contributed by atoms with van der Waals surface area (Å²) in [5.41, 5.74) is 1.38. The maximum Gasteiger partial charge on any atom is 0.0205 e. The lowest BCUT2D eigenvalue weighted by Gasteiger charge is -2.25. The van der Waals surface area contributed by atoms with E-state index in [2.05, 4.69) is 61.9 Å². The summed E-state index contributed by atoms with van der Waals surface area (Å²) in [6.07, 6.45) is 11.4. The molecule has 0 fully saturated rings. The molecular formula is C17H29NS. The Balaban J connectivity index is 2.32. The Hall–Kier alpha value is -0.730. The summed E-state index contributed by atoms with van der Waals surface area (Å²) in [5, 5.41) is 3.52. The molecule has 1 N–H and O–H groups in total. The molecule has 0 heterocycles. The monoisotopic (exact) mass is 279 g/mol. The Morgan fingerprint density at radius 1 is 1.21 bits per heavy atom. The molecule has 0 aliphatic rings. The van der Waals surface area contributed by atoms with Gasteiger partial charge >= 0.3 is 0 Å². The fraction of sp³-hybridized carbons (Fsp3) is 0.529. The van der Waals surface area contributed by atoms with Crippen molar-refractivity contribution in [3.63, 3.8) is 0 Å². The van der Waals surface area contributed by atoms with Crippen molar-refractivity contribution in [2.45, 2.75) is 31.2 Å². The zero-order valence-electron chi connectivity index (χ0n) is 12.9. The number of benzene rings is 1. The molecular weight excluding hydrogens is 250 g/mol. The molecule has 0 spiro atoms. The molecule has 0 bridgehead atoms. The quantitative estimate of drug-likeness (QED) is 0.548. The van der Waals surface area contributed by atoms with Gasteiger partial charge in [-0.2, -0.15) is 0 Å². The average Bonchev–Trinajstić information content (AvgIpc) is 2.34. The maximum absolute atomic E-state index is 3.79. The lowest BCUT2D eigenvalue weighted by molar-refractivity contribution is 0.506. The SMILES string of the molecule is C=CCC(C)CCNCc1ccc(S(C)(C)C)cc1. The Morgan fingerprint density at radius 3 is 2.37 bits per heavy atom. The molecule has 108 valence electrons. The summed E-state index contributed by atoms with van der Waals surface area (Å²) in [7, 11) is -0.592. The molecule has 1 atom stereocenters. The number of hydrogen-bond acceptors (Lipinski definition) is 1. The van der Waals surface area contributed by atoms with E-state index in [0.717, 1.165) is 25.4 Å². The van der Waals surface area contributed by atoms with Crippen molar-refractivity contribution >= 4 is 10.0 Å². The summed E-state index contributed by atoms with van der Waals surface area (Å²) < 4.78 is 0. The average molecular weight is 279 g/mol. The minimum atomic E-state index is -0.592. The number of nitrogens with one attached hydrogen (secondary N) is 1. The summed E-state index contributed by atoms with van der Waals surface area (Å²) in [4.78, 5) is 1.48. The molecule has 0 amide bonds. The molecule has 0 aliphatic heterocycles. The van der Waals surface area contributed by atoms with E-state index in [1.165, 1.54) is 16.9 Å². The largest absolute Gasteiger partial charge is 0.313 e. The molecule has 2 heteroatoms. The molecule has 1 aromatic rings. The van der Waals surface area contributed by atoms with E-state index in [1.807, 2.05) is 6.08 Å². The highest BCUT2D eigenvalue weighted by Crippen LogP contribution is 2.44. The normalized spacial score (nSPS) is 14.1. The van der Waals surface area contributed by atoms with Crippen LogP contribution in [0, 0.1) is 5.92 Å². The predicted molar refractivity (Wildman–Crippen MR) is 90.4 cm³/mol. The van der Waals surface area contributed by atoms with Crippen LogP contribution in [0.15, 0.2) is 41.8 Å². The molecule has 0 aromatic heterocycles. The van der Waals surface area contributed by atoms with Gasteiger partial charge in [-0.3, -0.25) is 0 Å². The zero-order chi connectivity index (χ0) is 14.3. The fourth-order valence-corrected chi connectivity index (χ4v) is 2.95. The zero-order valence-corrected chi connectivity index (χ0v) is 13.7. The van der Waals surface area contributed by atoms with Crippen LogP contribution in [0.4, 0.5) is 0 Å². The van der Waals surface area contributed by atoms with E-state index in [9.17, 15) is 0 Å². The van der Waals surface area contributed by atoms with Gasteiger partial charge in [0.05, 0.1) is 0 Å². The topological polar surface area (TPSA) is 12.0 Å². The first-order valence-electron chi connectivity index (χ1n) is 7.02.